The molecule has 0 aliphatic carbocycles. The van der Waals surface area contributed by atoms with Crippen molar-refractivity contribution in [2.24, 2.45) is 0 Å². The Hall–Kier alpha value is -2.35. The number of rotatable bonds is 2. The quantitative estimate of drug-likeness (QED) is 0.914. The van der Waals surface area contributed by atoms with E-state index in [1.165, 1.54) is 27.9 Å². The lowest BCUT2D eigenvalue weighted by atomic mass is 10.2. The van der Waals surface area contributed by atoms with Crippen LogP contribution < -0.4 is 0 Å². The summed E-state index contributed by atoms with van der Waals surface area (Å²) in [7, 11) is 0. The number of halogens is 3. The first kappa shape index (κ1) is 16.5. The van der Waals surface area contributed by atoms with Gasteiger partial charge in [0.05, 0.1) is 34.8 Å². The lowest BCUT2D eigenvalue weighted by Crippen LogP contribution is -2.29. The van der Waals surface area contributed by atoms with Crippen molar-refractivity contribution in [3.05, 3.63) is 47.3 Å². The zero-order chi connectivity index (χ0) is 17.5. The minimum absolute atomic E-state index is 0.239. The summed E-state index contributed by atoms with van der Waals surface area (Å²) in [6.07, 6.45) is -3.11. The molecule has 1 N–H and O–H groups in total. The van der Waals surface area contributed by atoms with E-state index in [0.717, 1.165) is 12.1 Å². The van der Waals surface area contributed by atoms with Gasteiger partial charge in [-0.05, 0) is 31.5 Å². The minimum atomic E-state index is -4.44. The van der Waals surface area contributed by atoms with Crippen LogP contribution in [0.4, 0.5) is 13.2 Å². The lowest BCUT2D eigenvalue weighted by Gasteiger charge is -2.15. The van der Waals surface area contributed by atoms with Crippen molar-refractivity contribution in [3.8, 4) is 5.69 Å². The fourth-order valence-corrected chi connectivity index (χ4v) is 2.79. The Bertz CT molecular complexity index is 770. The molecule has 1 aliphatic rings. The van der Waals surface area contributed by atoms with Crippen molar-refractivity contribution >= 4 is 5.91 Å². The van der Waals surface area contributed by atoms with Crippen LogP contribution >= 0.6 is 0 Å². The number of hydrogen-bond acceptors (Lipinski definition) is 3. The SMILES string of the molecule is Cc1c(C(=O)N2CC[C@H](O)C2)cnn1-c1cccc(C(F)(F)F)c1. The molecule has 0 bridgehead atoms. The Balaban J connectivity index is 1.92. The smallest absolute Gasteiger partial charge is 0.391 e. The maximum Gasteiger partial charge on any atom is 0.416 e. The average molecular weight is 339 g/mol. The fourth-order valence-electron chi connectivity index (χ4n) is 2.79. The van der Waals surface area contributed by atoms with E-state index in [9.17, 15) is 23.1 Å². The summed E-state index contributed by atoms with van der Waals surface area (Å²) in [5.41, 5.74) is 0.246. The highest BCUT2D eigenvalue weighted by Gasteiger charge is 2.31. The predicted octanol–water partition coefficient (Wildman–Crippen LogP) is 2.41. The van der Waals surface area contributed by atoms with Gasteiger partial charge in [-0.1, -0.05) is 6.07 Å². The van der Waals surface area contributed by atoms with Crippen molar-refractivity contribution in [1.82, 2.24) is 14.7 Å². The third kappa shape index (κ3) is 3.01. The summed E-state index contributed by atoms with van der Waals surface area (Å²) in [6, 6.07) is 4.79. The van der Waals surface area contributed by atoms with Gasteiger partial charge in [0.1, 0.15) is 0 Å². The van der Waals surface area contributed by atoms with Crippen LogP contribution in [-0.2, 0) is 6.18 Å². The van der Waals surface area contributed by atoms with Gasteiger partial charge in [0.25, 0.3) is 5.91 Å². The van der Waals surface area contributed by atoms with Crippen molar-refractivity contribution in [1.29, 1.82) is 0 Å². The van der Waals surface area contributed by atoms with Gasteiger partial charge < -0.3 is 10.0 Å². The Morgan fingerprint density at radius 1 is 1.38 bits per heavy atom. The molecule has 24 heavy (non-hydrogen) atoms. The highest BCUT2D eigenvalue weighted by atomic mass is 19.4. The number of alkyl halides is 3. The number of amides is 1. The van der Waals surface area contributed by atoms with Gasteiger partial charge in [-0.15, -0.1) is 0 Å². The zero-order valence-electron chi connectivity index (χ0n) is 12.9. The second-order valence-corrected chi connectivity index (χ2v) is 5.80. The van der Waals surface area contributed by atoms with Crippen molar-refractivity contribution in [2.45, 2.75) is 25.6 Å². The second-order valence-electron chi connectivity index (χ2n) is 5.80. The molecule has 8 heteroatoms. The Labute approximate surface area is 136 Å². The second kappa shape index (κ2) is 5.94. The molecule has 2 heterocycles. The number of carbonyl (C=O) groups excluding carboxylic acids is 1. The molecule has 1 aromatic heterocycles. The monoisotopic (exact) mass is 339 g/mol. The molecule has 3 rings (SSSR count). The van der Waals surface area contributed by atoms with Crippen molar-refractivity contribution in [3.63, 3.8) is 0 Å². The molecule has 128 valence electrons. The van der Waals surface area contributed by atoms with E-state index >= 15 is 0 Å². The predicted molar refractivity (Wildman–Crippen MR) is 79.8 cm³/mol. The van der Waals surface area contributed by atoms with Gasteiger partial charge in [-0.25, -0.2) is 4.68 Å². The Morgan fingerprint density at radius 3 is 2.75 bits per heavy atom. The first-order valence-corrected chi connectivity index (χ1v) is 7.47. The standard InChI is InChI=1S/C16H16F3N3O2/c1-10-14(15(24)21-6-5-13(23)9-21)8-20-22(10)12-4-2-3-11(7-12)16(17,18)19/h2-4,7-8,13,23H,5-6,9H2,1H3/t13-/m0/s1. The van der Waals surface area contributed by atoms with Gasteiger partial charge >= 0.3 is 6.18 Å². The zero-order valence-corrected chi connectivity index (χ0v) is 12.9. The van der Waals surface area contributed by atoms with E-state index in [-0.39, 0.29) is 18.1 Å². The summed E-state index contributed by atoms with van der Waals surface area (Å²) in [5.74, 6) is -0.276. The van der Waals surface area contributed by atoms with E-state index < -0.39 is 17.8 Å². The maximum absolute atomic E-state index is 12.8. The van der Waals surface area contributed by atoms with Crippen LogP contribution in [0.15, 0.2) is 30.5 Å². The molecular weight excluding hydrogens is 323 g/mol. The van der Waals surface area contributed by atoms with Crippen LogP contribution in [-0.4, -0.2) is 44.9 Å². The number of hydrogen-bond donors (Lipinski definition) is 1. The summed E-state index contributed by atoms with van der Waals surface area (Å²) in [4.78, 5) is 14.0. The molecule has 1 amide bonds. The van der Waals surface area contributed by atoms with Gasteiger partial charge in [-0.3, -0.25) is 4.79 Å². The molecular formula is C16H16F3N3O2. The van der Waals surface area contributed by atoms with E-state index in [4.69, 9.17) is 0 Å². The number of likely N-dealkylation sites (tertiary alicyclic amines) is 1. The maximum atomic E-state index is 12.8. The summed E-state index contributed by atoms with van der Waals surface area (Å²) >= 11 is 0. The molecule has 2 aromatic rings. The highest BCUT2D eigenvalue weighted by Crippen LogP contribution is 2.30. The first-order valence-electron chi connectivity index (χ1n) is 7.47. The number of β-amino-alcohol motifs (C(OH)–C–C–N with tert-alkyl or cyclic N) is 1. The average Bonchev–Trinajstić information content (AvgIpc) is 3.12. The first-order chi connectivity index (χ1) is 11.3. The van der Waals surface area contributed by atoms with E-state index in [1.54, 1.807) is 6.92 Å². The van der Waals surface area contributed by atoms with Crippen LogP contribution in [0.3, 0.4) is 0 Å². The number of nitrogens with zero attached hydrogens (tertiary/aromatic N) is 3. The molecule has 1 atom stereocenters. The molecule has 1 aromatic carbocycles. The molecule has 1 aliphatic heterocycles. The van der Waals surface area contributed by atoms with Crippen LogP contribution in [0.5, 0.6) is 0 Å². The van der Waals surface area contributed by atoms with E-state index in [0.29, 0.717) is 24.2 Å². The summed E-state index contributed by atoms with van der Waals surface area (Å²) in [6.45, 7) is 2.34. The van der Waals surface area contributed by atoms with E-state index in [1.807, 2.05) is 0 Å². The minimum Gasteiger partial charge on any atom is -0.391 e. The molecule has 1 saturated heterocycles. The van der Waals surface area contributed by atoms with Gasteiger partial charge in [0.15, 0.2) is 0 Å². The number of aromatic nitrogens is 2. The number of aliphatic hydroxyl groups is 1. The molecule has 0 saturated carbocycles. The largest absolute Gasteiger partial charge is 0.416 e. The van der Waals surface area contributed by atoms with Gasteiger partial charge in [-0.2, -0.15) is 18.3 Å². The van der Waals surface area contributed by atoms with Crippen LogP contribution in [0.2, 0.25) is 0 Å². The highest BCUT2D eigenvalue weighted by molar-refractivity contribution is 5.95. The molecule has 0 radical (unpaired) electrons. The number of aliphatic hydroxyl groups excluding tert-OH is 1. The topological polar surface area (TPSA) is 58.4 Å². The molecule has 1 fully saturated rings. The van der Waals surface area contributed by atoms with Crippen LogP contribution in [0, 0.1) is 6.92 Å². The summed E-state index contributed by atoms with van der Waals surface area (Å²) in [5, 5.41) is 13.6. The normalized spacial score (nSPS) is 18.2. The van der Waals surface area contributed by atoms with Crippen LogP contribution in [0.25, 0.3) is 5.69 Å². The fraction of sp³-hybridized carbons (Fsp3) is 0.375. The third-order valence-corrected chi connectivity index (χ3v) is 4.11. The summed E-state index contributed by atoms with van der Waals surface area (Å²) < 4.78 is 39.8. The Kier molecular flexibility index (Phi) is 4.08. The molecule has 0 unspecified atom stereocenters. The molecule has 0 spiro atoms. The van der Waals surface area contributed by atoms with Crippen LogP contribution in [0.1, 0.15) is 28.0 Å². The van der Waals surface area contributed by atoms with Crippen molar-refractivity contribution < 1.29 is 23.1 Å². The Morgan fingerprint density at radius 2 is 2.12 bits per heavy atom. The number of benzene rings is 1. The van der Waals surface area contributed by atoms with Crippen molar-refractivity contribution in [2.75, 3.05) is 13.1 Å². The lowest BCUT2D eigenvalue weighted by molar-refractivity contribution is -0.137. The van der Waals surface area contributed by atoms with Gasteiger partial charge in [0, 0.05) is 13.1 Å². The number of carbonyl (C=O) groups is 1. The van der Waals surface area contributed by atoms with Gasteiger partial charge in [0.2, 0.25) is 0 Å². The van der Waals surface area contributed by atoms with E-state index in [2.05, 4.69) is 5.10 Å². The third-order valence-electron chi connectivity index (χ3n) is 4.11. The molecule has 5 nitrogen and oxygen atoms in total.